The first kappa shape index (κ1) is 15.7. The maximum absolute atomic E-state index is 13.8. The van der Waals surface area contributed by atoms with Crippen LogP contribution in [0.1, 0.15) is 25.7 Å². The number of imide groups is 1. The van der Waals surface area contributed by atoms with E-state index in [1.807, 2.05) is 0 Å². The number of hydrogen-bond acceptors (Lipinski definition) is 3. The van der Waals surface area contributed by atoms with Crippen molar-refractivity contribution in [3.8, 4) is 0 Å². The van der Waals surface area contributed by atoms with Crippen LogP contribution in [0.2, 0.25) is 5.02 Å². The van der Waals surface area contributed by atoms with Gasteiger partial charge in [0.05, 0.1) is 10.7 Å². The largest absolute Gasteiger partial charge is 0.325 e. The smallest absolute Gasteiger partial charge is 0.323 e. The number of nitrogens with zero attached hydrogens (tertiary/aromatic N) is 1. The van der Waals surface area contributed by atoms with Gasteiger partial charge in [-0.15, -0.1) is 0 Å². The molecule has 1 aromatic carbocycles. The van der Waals surface area contributed by atoms with Crippen molar-refractivity contribution in [1.82, 2.24) is 10.2 Å². The zero-order chi connectivity index (χ0) is 16.6. The summed E-state index contributed by atoms with van der Waals surface area (Å²) in [6, 6.07) is 3.61. The summed E-state index contributed by atoms with van der Waals surface area (Å²) in [5.74, 6) is -1.81. The fourth-order valence-electron chi connectivity index (χ4n) is 3.07. The minimum Gasteiger partial charge on any atom is -0.323 e. The third-order valence-electron chi connectivity index (χ3n) is 4.23. The van der Waals surface area contributed by atoms with Gasteiger partial charge < -0.3 is 10.6 Å². The van der Waals surface area contributed by atoms with Crippen LogP contribution in [-0.4, -0.2) is 34.8 Å². The van der Waals surface area contributed by atoms with Crippen molar-refractivity contribution in [2.45, 2.75) is 31.2 Å². The molecule has 3 rings (SSSR count). The van der Waals surface area contributed by atoms with Gasteiger partial charge in [-0.25, -0.2) is 9.18 Å². The number of hydrogen-bond donors (Lipinski definition) is 2. The minimum absolute atomic E-state index is 0.0925. The van der Waals surface area contributed by atoms with Crippen LogP contribution in [0.15, 0.2) is 18.2 Å². The van der Waals surface area contributed by atoms with Crippen LogP contribution in [0.25, 0.3) is 0 Å². The molecule has 1 aliphatic heterocycles. The molecule has 1 spiro atoms. The van der Waals surface area contributed by atoms with E-state index in [1.165, 1.54) is 18.2 Å². The van der Waals surface area contributed by atoms with Gasteiger partial charge in [0, 0.05) is 0 Å². The van der Waals surface area contributed by atoms with Gasteiger partial charge in [-0.3, -0.25) is 14.5 Å². The van der Waals surface area contributed by atoms with Crippen molar-refractivity contribution in [3.63, 3.8) is 0 Å². The minimum atomic E-state index is -0.862. The highest BCUT2D eigenvalue weighted by molar-refractivity contribution is 6.31. The zero-order valence-corrected chi connectivity index (χ0v) is 13.0. The van der Waals surface area contributed by atoms with E-state index in [9.17, 15) is 18.8 Å². The monoisotopic (exact) mass is 339 g/mol. The van der Waals surface area contributed by atoms with Gasteiger partial charge >= 0.3 is 6.03 Å². The molecule has 1 saturated heterocycles. The molecule has 2 fully saturated rings. The molecule has 1 aliphatic carbocycles. The van der Waals surface area contributed by atoms with Crippen molar-refractivity contribution < 1.29 is 18.8 Å². The van der Waals surface area contributed by atoms with Crippen molar-refractivity contribution in [2.24, 2.45) is 0 Å². The fraction of sp³-hybridized carbons (Fsp3) is 0.400. The van der Waals surface area contributed by atoms with Gasteiger partial charge in [-0.2, -0.15) is 0 Å². The molecule has 6 nitrogen and oxygen atoms in total. The van der Waals surface area contributed by atoms with E-state index >= 15 is 0 Å². The van der Waals surface area contributed by atoms with E-state index in [-0.39, 0.29) is 16.6 Å². The number of carbonyl (C=O) groups excluding carboxylic acids is 3. The summed E-state index contributed by atoms with van der Waals surface area (Å²) in [6.07, 6.45) is 2.89. The van der Waals surface area contributed by atoms with E-state index < -0.39 is 29.8 Å². The lowest BCUT2D eigenvalue weighted by Crippen LogP contribution is -2.44. The summed E-state index contributed by atoms with van der Waals surface area (Å²) in [7, 11) is 0. The summed E-state index contributed by atoms with van der Waals surface area (Å²) in [5, 5.41) is 4.88. The Morgan fingerprint density at radius 3 is 2.74 bits per heavy atom. The van der Waals surface area contributed by atoms with Crippen LogP contribution >= 0.6 is 11.6 Å². The highest BCUT2D eigenvalue weighted by atomic mass is 35.5. The summed E-state index contributed by atoms with van der Waals surface area (Å²) in [5.41, 5.74) is -0.955. The third kappa shape index (κ3) is 2.76. The first-order valence-electron chi connectivity index (χ1n) is 7.31. The van der Waals surface area contributed by atoms with E-state index in [2.05, 4.69) is 10.6 Å². The Morgan fingerprint density at radius 1 is 1.35 bits per heavy atom. The van der Waals surface area contributed by atoms with Gasteiger partial charge in [0.1, 0.15) is 12.1 Å². The molecule has 0 atom stereocenters. The number of carbonyl (C=O) groups is 3. The Hall–Kier alpha value is -2.15. The number of benzene rings is 1. The molecule has 23 heavy (non-hydrogen) atoms. The van der Waals surface area contributed by atoms with Gasteiger partial charge in [0.2, 0.25) is 5.91 Å². The van der Waals surface area contributed by atoms with Crippen LogP contribution in [0, 0.1) is 5.82 Å². The molecule has 0 aromatic heterocycles. The third-order valence-corrected chi connectivity index (χ3v) is 4.52. The van der Waals surface area contributed by atoms with Gasteiger partial charge in [0.25, 0.3) is 5.91 Å². The number of urea groups is 1. The quantitative estimate of drug-likeness (QED) is 0.829. The number of anilines is 1. The summed E-state index contributed by atoms with van der Waals surface area (Å²) in [4.78, 5) is 37.3. The molecular weight excluding hydrogens is 325 g/mol. The van der Waals surface area contributed by atoms with Crippen LogP contribution < -0.4 is 10.6 Å². The second-order valence-electron chi connectivity index (χ2n) is 5.76. The molecule has 122 valence electrons. The second kappa shape index (κ2) is 5.81. The molecule has 8 heteroatoms. The Morgan fingerprint density at radius 2 is 2.04 bits per heavy atom. The molecule has 2 N–H and O–H groups in total. The summed E-state index contributed by atoms with van der Waals surface area (Å²) < 4.78 is 13.8. The number of rotatable bonds is 3. The van der Waals surface area contributed by atoms with E-state index in [0.717, 1.165) is 17.7 Å². The molecule has 0 radical (unpaired) electrons. The van der Waals surface area contributed by atoms with Crippen LogP contribution in [0.4, 0.5) is 14.9 Å². The van der Waals surface area contributed by atoms with Gasteiger partial charge in [-0.1, -0.05) is 30.5 Å². The van der Waals surface area contributed by atoms with E-state index in [1.54, 1.807) is 0 Å². The average Bonchev–Trinajstić information content (AvgIpc) is 3.06. The maximum atomic E-state index is 13.8. The predicted molar refractivity (Wildman–Crippen MR) is 81.5 cm³/mol. The standard InChI is InChI=1S/C15H15ClFN3O3/c16-9-4-3-5-10(12(9)17)18-11(21)8-20-13(22)15(19-14(20)23)6-1-2-7-15/h3-5H,1-2,6-8H2,(H,18,21)(H,19,23). The van der Waals surface area contributed by atoms with Crippen molar-refractivity contribution in [1.29, 1.82) is 0 Å². The van der Waals surface area contributed by atoms with Crippen LogP contribution in [0.5, 0.6) is 0 Å². The molecule has 1 heterocycles. The molecule has 0 unspecified atom stereocenters. The van der Waals surface area contributed by atoms with Crippen LogP contribution in [-0.2, 0) is 9.59 Å². The number of nitrogens with one attached hydrogen (secondary N) is 2. The summed E-state index contributed by atoms with van der Waals surface area (Å²) in [6.45, 7) is -0.460. The Labute approximate surface area is 137 Å². The van der Waals surface area contributed by atoms with Crippen molar-refractivity contribution >= 4 is 35.1 Å². The normalized spacial score (nSPS) is 19.3. The van der Waals surface area contributed by atoms with Gasteiger partial charge in [0.15, 0.2) is 5.82 Å². The number of halogens is 2. The molecular formula is C15H15ClFN3O3. The zero-order valence-electron chi connectivity index (χ0n) is 12.2. The van der Waals surface area contributed by atoms with E-state index in [0.29, 0.717) is 12.8 Å². The Bertz CT molecular complexity index is 689. The molecule has 4 amide bonds. The van der Waals surface area contributed by atoms with Gasteiger partial charge in [-0.05, 0) is 25.0 Å². The van der Waals surface area contributed by atoms with Crippen LogP contribution in [0.3, 0.4) is 0 Å². The molecule has 2 aliphatic rings. The lowest BCUT2D eigenvalue weighted by molar-refractivity contribution is -0.133. The maximum Gasteiger partial charge on any atom is 0.325 e. The van der Waals surface area contributed by atoms with E-state index in [4.69, 9.17) is 11.6 Å². The lowest BCUT2D eigenvalue weighted by Gasteiger charge is -2.19. The summed E-state index contributed by atoms with van der Waals surface area (Å²) >= 11 is 5.64. The lowest BCUT2D eigenvalue weighted by atomic mass is 9.98. The first-order valence-corrected chi connectivity index (χ1v) is 7.69. The highest BCUT2D eigenvalue weighted by Crippen LogP contribution is 2.35. The molecule has 1 aromatic rings. The Kier molecular flexibility index (Phi) is 3.97. The number of amides is 4. The molecule has 0 bridgehead atoms. The topological polar surface area (TPSA) is 78.5 Å². The predicted octanol–water partition coefficient (Wildman–Crippen LogP) is 2.28. The van der Waals surface area contributed by atoms with Crippen molar-refractivity contribution in [3.05, 3.63) is 29.0 Å². The first-order chi connectivity index (χ1) is 10.9. The fourth-order valence-corrected chi connectivity index (χ4v) is 3.25. The SMILES string of the molecule is O=C(CN1C(=O)NC2(CCCC2)C1=O)Nc1cccc(Cl)c1F. The van der Waals surface area contributed by atoms with Crippen molar-refractivity contribution in [2.75, 3.05) is 11.9 Å². The Balaban J connectivity index is 1.69. The second-order valence-corrected chi connectivity index (χ2v) is 6.17. The molecule has 1 saturated carbocycles. The average molecular weight is 340 g/mol. The highest BCUT2D eigenvalue weighted by Gasteiger charge is 2.52.